The molecule has 0 radical (unpaired) electrons. The standard InChI is InChI=1S/C14H11IO4S/c1-10(16)11-2-8-14(9-3-11)20(17,18)19-13-6-4-12(15)5-7-13/h2-9H,1H3. The summed E-state index contributed by atoms with van der Waals surface area (Å²) >= 11 is 2.12. The van der Waals surface area contributed by atoms with Crippen molar-refractivity contribution in [2.45, 2.75) is 11.8 Å². The molecule has 0 N–H and O–H groups in total. The summed E-state index contributed by atoms with van der Waals surface area (Å²) in [5, 5.41) is 0. The van der Waals surface area contributed by atoms with Crippen molar-refractivity contribution >= 4 is 38.5 Å². The first kappa shape index (κ1) is 15.0. The van der Waals surface area contributed by atoms with Crippen molar-refractivity contribution in [3.8, 4) is 5.75 Å². The molecule has 0 bridgehead atoms. The lowest BCUT2D eigenvalue weighted by Crippen LogP contribution is -2.10. The van der Waals surface area contributed by atoms with Crippen LogP contribution in [0.25, 0.3) is 0 Å². The van der Waals surface area contributed by atoms with E-state index in [4.69, 9.17) is 4.18 Å². The Morgan fingerprint density at radius 3 is 2.05 bits per heavy atom. The molecule has 0 saturated carbocycles. The second-order valence-corrected chi connectivity index (χ2v) is 6.86. The van der Waals surface area contributed by atoms with Gasteiger partial charge in [0.15, 0.2) is 5.78 Å². The molecule has 0 unspecified atom stereocenters. The van der Waals surface area contributed by atoms with Gasteiger partial charge in [-0.3, -0.25) is 4.79 Å². The van der Waals surface area contributed by atoms with Gasteiger partial charge in [-0.15, -0.1) is 0 Å². The van der Waals surface area contributed by atoms with Crippen LogP contribution >= 0.6 is 22.6 Å². The third-order valence-corrected chi connectivity index (χ3v) is 4.55. The van der Waals surface area contributed by atoms with Gasteiger partial charge < -0.3 is 4.18 Å². The molecule has 0 aromatic heterocycles. The molecule has 20 heavy (non-hydrogen) atoms. The van der Waals surface area contributed by atoms with Gasteiger partial charge in [0.05, 0.1) is 0 Å². The van der Waals surface area contributed by atoms with Crippen molar-refractivity contribution in [3.63, 3.8) is 0 Å². The molecule has 6 heteroatoms. The molecule has 0 heterocycles. The van der Waals surface area contributed by atoms with Crippen LogP contribution in [0, 0.1) is 3.57 Å². The van der Waals surface area contributed by atoms with Gasteiger partial charge in [-0.2, -0.15) is 8.42 Å². The smallest absolute Gasteiger partial charge is 0.339 e. The number of benzene rings is 2. The highest BCUT2D eigenvalue weighted by molar-refractivity contribution is 14.1. The summed E-state index contributed by atoms with van der Waals surface area (Å²) in [4.78, 5) is 11.2. The predicted octanol–water partition coefficient (Wildman–Crippen LogP) is 3.26. The fourth-order valence-electron chi connectivity index (χ4n) is 1.52. The number of Topliss-reactive ketones (excluding diaryl/α,β-unsaturated/α-hetero) is 1. The van der Waals surface area contributed by atoms with Crippen LogP contribution in [0.2, 0.25) is 0 Å². The molecule has 0 aliphatic carbocycles. The Morgan fingerprint density at radius 1 is 1.00 bits per heavy atom. The summed E-state index contributed by atoms with van der Waals surface area (Å²) in [6.07, 6.45) is 0. The van der Waals surface area contributed by atoms with E-state index in [1.807, 2.05) is 0 Å². The first-order chi connectivity index (χ1) is 9.38. The van der Waals surface area contributed by atoms with Crippen molar-refractivity contribution in [2.24, 2.45) is 0 Å². The van der Waals surface area contributed by atoms with Gasteiger partial charge in [0.1, 0.15) is 10.6 Å². The number of halogens is 1. The summed E-state index contributed by atoms with van der Waals surface area (Å²) in [7, 11) is -3.88. The summed E-state index contributed by atoms with van der Waals surface area (Å²) in [6.45, 7) is 1.42. The lowest BCUT2D eigenvalue weighted by Gasteiger charge is -2.07. The van der Waals surface area contributed by atoms with Crippen LogP contribution in [0.4, 0.5) is 0 Å². The maximum atomic E-state index is 12.1. The van der Waals surface area contributed by atoms with Gasteiger partial charge in [0.2, 0.25) is 0 Å². The molecule has 2 rings (SSSR count). The third kappa shape index (κ3) is 3.57. The Bertz CT molecular complexity index is 719. The minimum atomic E-state index is -3.88. The SMILES string of the molecule is CC(=O)c1ccc(S(=O)(=O)Oc2ccc(I)cc2)cc1. The minimum absolute atomic E-state index is 0.0149. The number of hydrogen-bond acceptors (Lipinski definition) is 4. The summed E-state index contributed by atoms with van der Waals surface area (Å²) < 4.78 is 30.1. The van der Waals surface area contributed by atoms with Crippen LogP contribution in [0.15, 0.2) is 53.4 Å². The monoisotopic (exact) mass is 402 g/mol. The van der Waals surface area contributed by atoms with E-state index >= 15 is 0 Å². The average molecular weight is 402 g/mol. The maximum absolute atomic E-state index is 12.1. The summed E-state index contributed by atoms with van der Waals surface area (Å²) in [5.41, 5.74) is 0.457. The van der Waals surface area contributed by atoms with Gasteiger partial charge in [-0.1, -0.05) is 12.1 Å². The zero-order chi connectivity index (χ0) is 14.8. The van der Waals surface area contributed by atoms with Gasteiger partial charge >= 0.3 is 10.1 Å². The molecule has 0 fully saturated rings. The number of carbonyl (C=O) groups is 1. The molecule has 0 saturated heterocycles. The topological polar surface area (TPSA) is 60.4 Å². The van der Waals surface area contributed by atoms with Crippen LogP contribution in [0.1, 0.15) is 17.3 Å². The lowest BCUT2D eigenvalue weighted by atomic mass is 10.2. The van der Waals surface area contributed by atoms with E-state index in [1.165, 1.54) is 31.2 Å². The highest BCUT2D eigenvalue weighted by atomic mass is 127. The predicted molar refractivity (Wildman–Crippen MR) is 83.4 cm³/mol. The Labute approximate surface area is 131 Å². The quantitative estimate of drug-likeness (QED) is 0.448. The second-order valence-electron chi connectivity index (χ2n) is 4.07. The Morgan fingerprint density at radius 2 is 1.55 bits per heavy atom. The van der Waals surface area contributed by atoms with Crippen molar-refractivity contribution in [1.29, 1.82) is 0 Å². The Hall–Kier alpha value is -1.41. The van der Waals surface area contributed by atoms with Gasteiger partial charge in [-0.25, -0.2) is 0 Å². The first-order valence-electron chi connectivity index (χ1n) is 5.69. The third-order valence-electron chi connectivity index (χ3n) is 2.57. The van der Waals surface area contributed by atoms with Gasteiger partial charge in [-0.05, 0) is 65.9 Å². The van der Waals surface area contributed by atoms with Crippen LogP contribution in [-0.4, -0.2) is 14.2 Å². The molecule has 0 aliphatic heterocycles. The van der Waals surface area contributed by atoms with Crippen LogP contribution < -0.4 is 4.18 Å². The van der Waals surface area contributed by atoms with Crippen LogP contribution in [0.5, 0.6) is 5.75 Å². The highest BCUT2D eigenvalue weighted by Crippen LogP contribution is 2.20. The van der Waals surface area contributed by atoms with Crippen LogP contribution in [0.3, 0.4) is 0 Å². The van der Waals surface area contributed by atoms with E-state index in [0.717, 1.165) is 3.57 Å². The van der Waals surface area contributed by atoms with E-state index < -0.39 is 10.1 Å². The molecule has 2 aromatic carbocycles. The van der Waals surface area contributed by atoms with Crippen LogP contribution in [-0.2, 0) is 10.1 Å². The fourth-order valence-corrected chi connectivity index (χ4v) is 2.81. The maximum Gasteiger partial charge on any atom is 0.339 e. The molecular formula is C14H11IO4S. The number of carbonyl (C=O) groups excluding carboxylic acids is 1. The molecule has 0 amide bonds. The first-order valence-corrected chi connectivity index (χ1v) is 8.18. The normalized spacial score (nSPS) is 11.1. The van der Waals surface area contributed by atoms with E-state index in [0.29, 0.717) is 5.56 Å². The second kappa shape index (κ2) is 5.92. The molecule has 0 spiro atoms. The van der Waals surface area contributed by atoms with Crippen molar-refractivity contribution in [3.05, 3.63) is 57.7 Å². The van der Waals surface area contributed by atoms with Crippen molar-refractivity contribution in [1.82, 2.24) is 0 Å². The fraction of sp³-hybridized carbons (Fsp3) is 0.0714. The average Bonchev–Trinajstić information content (AvgIpc) is 2.41. The molecule has 104 valence electrons. The van der Waals surface area contributed by atoms with E-state index in [1.54, 1.807) is 24.3 Å². The Balaban J connectivity index is 2.26. The van der Waals surface area contributed by atoms with Crippen molar-refractivity contribution in [2.75, 3.05) is 0 Å². The van der Waals surface area contributed by atoms with E-state index in [2.05, 4.69) is 22.6 Å². The number of rotatable bonds is 4. The van der Waals surface area contributed by atoms with Gasteiger partial charge in [0, 0.05) is 9.13 Å². The van der Waals surface area contributed by atoms with Crippen molar-refractivity contribution < 1.29 is 17.4 Å². The molecule has 4 nitrogen and oxygen atoms in total. The number of hydrogen-bond donors (Lipinski definition) is 0. The molecular weight excluding hydrogens is 391 g/mol. The summed E-state index contributed by atoms with van der Waals surface area (Å²) in [5.74, 6) is 0.133. The molecule has 0 atom stereocenters. The Kier molecular flexibility index (Phi) is 4.44. The molecule has 0 aliphatic rings. The zero-order valence-corrected chi connectivity index (χ0v) is 13.5. The molecule has 2 aromatic rings. The lowest BCUT2D eigenvalue weighted by molar-refractivity contribution is 0.101. The van der Waals surface area contributed by atoms with Gasteiger partial charge in [0.25, 0.3) is 0 Å². The van der Waals surface area contributed by atoms with E-state index in [-0.39, 0.29) is 16.4 Å². The zero-order valence-electron chi connectivity index (χ0n) is 10.5. The minimum Gasteiger partial charge on any atom is -0.379 e. The van der Waals surface area contributed by atoms with E-state index in [9.17, 15) is 13.2 Å². The largest absolute Gasteiger partial charge is 0.379 e. The number of ketones is 1. The summed E-state index contributed by atoms with van der Waals surface area (Å²) in [6, 6.07) is 12.3. The highest BCUT2D eigenvalue weighted by Gasteiger charge is 2.16.